The molecule has 0 saturated carbocycles. The second-order valence-corrected chi connectivity index (χ2v) is 6.89. The highest BCUT2D eigenvalue weighted by molar-refractivity contribution is 6.01. The summed E-state index contributed by atoms with van der Waals surface area (Å²) in [7, 11) is 1.62. The van der Waals surface area contributed by atoms with Gasteiger partial charge in [0.15, 0.2) is 17.3 Å². The van der Waals surface area contributed by atoms with Crippen LogP contribution in [0.2, 0.25) is 0 Å². The van der Waals surface area contributed by atoms with Crippen molar-refractivity contribution in [3.8, 4) is 17.1 Å². The summed E-state index contributed by atoms with van der Waals surface area (Å²) in [5.74, 6) is 0.917. The minimum Gasteiger partial charge on any atom is -0.497 e. The molecule has 31 heavy (non-hydrogen) atoms. The van der Waals surface area contributed by atoms with Crippen LogP contribution < -0.4 is 10.1 Å². The average molecular weight is 411 g/mol. The first-order valence-electron chi connectivity index (χ1n) is 9.53. The molecule has 0 fully saturated rings. The highest BCUT2D eigenvalue weighted by Gasteiger charge is 2.16. The standard InChI is InChI=1S/C23H17N5O3/c1-31-17-11-9-14(10-12-17)21-25-26-22-19-8-3-2-7-18(19)20(27-28(21)22)24-16-6-4-5-15(13-16)23(29)30/h2-13H,1H3,(H,24,27)(H,29,30). The fourth-order valence-corrected chi connectivity index (χ4v) is 3.46. The number of methoxy groups -OCH3 is 1. The van der Waals surface area contributed by atoms with Crippen molar-refractivity contribution in [1.29, 1.82) is 0 Å². The quantitative estimate of drug-likeness (QED) is 0.442. The summed E-state index contributed by atoms with van der Waals surface area (Å²) in [4.78, 5) is 11.3. The second kappa shape index (κ2) is 7.42. The molecule has 0 spiro atoms. The van der Waals surface area contributed by atoms with Gasteiger partial charge in [-0.2, -0.15) is 4.52 Å². The third-order valence-electron chi connectivity index (χ3n) is 4.98. The van der Waals surface area contributed by atoms with E-state index < -0.39 is 5.97 Å². The minimum absolute atomic E-state index is 0.193. The van der Waals surface area contributed by atoms with Crippen LogP contribution in [0, 0.1) is 0 Å². The molecule has 0 aliphatic carbocycles. The van der Waals surface area contributed by atoms with E-state index in [1.165, 1.54) is 0 Å². The lowest BCUT2D eigenvalue weighted by molar-refractivity contribution is 0.0697. The maximum absolute atomic E-state index is 11.3. The molecule has 0 unspecified atom stereocenters. The van der Waals surface area contributed by atoms with E-state index in [2.05, 4.69) is 15.5 Å². The van der Waals surface area contributed by atoms with Gasteiger partial charge in [0.05, 0.1) is 12.7 Å². The number of carboxylic acid groups (broad SMARTS) is 1. The molecule has 152 valence electrons. The highest BCUT2D eigenvalue weighted by atomic mass is 16.5. The first kappa shape index (κ1) is 18.6. The number of benzene rings is 3. The number of carboxylic acids is 1. The predicted octanol–water partition coefficient (Wildman–Crippen LogP) is 4.39. The number of rotatable bonds is 5. The van der Waals surface area contributed by atoms with Gasteiger partial charge in [0.25, 0.3) is 0 Å². The summed E-state index contributed by atoms with van der Waals surface area (Å²) < 4.78 is 6.92. The molecule has 5 aromatic rings. The van der Waals surface area contributed by atoms with Crippen LogP contribution in [-0.2, 0) is 0 Å². The van der Waals surface area contributed by atoms with Crippen LogP contribution in [0.4, 0.5) is 11.5 Å². The monoisotopic (exact) mass is 411 g/mol. The lowest BCUT2D eigenvalue weighted by atomic mass is 10.1. The van der Waals surface area contributed by atoms with Crippen LogP contribution in [0.25, 0.3) is 27.8 Å². The smallest absolute Gasteiger partial charge is 0.335 e. The van der Waals surface area contributed by atoms with Crippen molar-refractivity contribution in [2.24, 2.45) is 0 Å². The Hall–Kier alpha value is -4.46. The molecule has 8 heteroatoms. The predicted molar refractivity (Wildman–Crippen MR) is 117 cm³/mol. The molecule has 3 aromatic carbocycles. The molecule has 0 saturated heterocycles. The fourth-order valence-electron chi connectivity index (χ4n) is 3.46. The number of hydrogen-bond acceptors (Lipinski definition) is 6. The first-order valence-corrected chi connectivity index (χ1v) is 9.53. The van der Waals surface area contributed by atoms with E-state index >= 15 is 0 Å². The zero-order valence-corrected chi connectivity index (χ0v) is 16.5. The number of fused-ring (bicyclic) bond motifs is 3. The number of aromatic carboxylic acids is 1. The van der Waals surface area contributed by atoms with Gasteiger partial charge in [-0.25, -0.2) is 4.79 Å². The van der Waals surface area contributed by atoms with Gasteiger partial charge in [0.1, 0.15) is 5.75 Å². The summed E-state index contributed by atoms with van der Waals surface area (Å²) in [5, 5.41) is 27.7. The molecule has 2 aromatic heterocycles. The van der Waals surface area contributed by atoms with Crippen LogP contribution >= 0.6 is 0 Å². The summed E-state index contributed by atoms with van der Waals surface area (Å²) in [5.41, 5.74) is 2.29. The van der Waals surface area contributed by atoms with Gasteiger partial charge in [0.2, 0.25) is 0 Å². The molecular formula is C23H17N5O3. The first-order chi connectivity index (χ1) is 15.1. The molecular weight excluding hydrogens is 394 g/mol. The van der Waals surface area contributed by atoms with Gasteiger partial charge in [-0.05, 0) is 42.5 Å². The van der Waals surface area contributed by atoms with Gasteiger partial charge in [-0.3, -0.25) is 0 Å². The van der Waals surface area contributed by atoms with Crippen molar-refractivity contribution in [1.82, 2.24) is 19.8 Å². The van der Waals surface area contributed by atoms with E-state index in [0.717, 1.165) is 22.1 Å². The number of hydrogen-bond donors (Lipinski definition) is 2. The van der Waals surface area contributed by atoms with Crippen molar-refractivity contribution in [2.45, 2.75) is 0 Å². The Morgan fingerprint density at radius 1 is 0.968 bits per heavy atom. The number of carbonyl (C=O) groups is 1. The molecule has 5 rings (SSSR count). The van der Waals surface area contributed by atoms with E-state index in [1.807, 2.05) is 48.5 Å². The van der Waals surface area contributed by atoms with Gasteiger partial charge in [-0.15, -0.1) is 15.3 Å². The zero-order chi connectivity index (χ0) is 21.4. The molecule has 0 aliphatic rings. The fraction of sp³-hybridized carbons (Fsp3) is 0.0435. The number of anilines is 2. The number of ether oxygens (including phenoxy) is 1. The number of aromatic nitrogens is 4. The average Bonchev–Trinajstić information content (AvgIpc) is 3.23. The summed E-state index contributed by atoms with van der Waals surface area (Å²) in [6.45, 7) is 0. The third kappa shape index (κ3) is 3.29. The molecule has 0 atom stereocenters. The van der Waals surface area contributed by atoms with E-state index in [1.54, 1.807) is 35.9 Å². The van der Waals surface area contributed by atoms with Crippen LogP contribution in [-0.4, -0.2) is 38.0 Å². The maximum Gasteiger partial charge on any atom is 0.335 e. The SMILES string of the molecule is COc1ccc(-c2nnc3c4ccccc4c(Nc4cccc(C(=O)O)c4)nn23)cc1. The summed E-state index contributed by atoms with van der Waals surface area (Å²) >= 11 is 0. The van der Waals surface area contributed by atoms with Crippen molar-refractivity contribution in [2.75, 3.05) is 12.4 Å². The Labute approximate surface area is 176 Å². The number of nitrogens with one attached hydrogen (secondary N) is 1. The molecule has 8 nitrogen and oxygen atoms in total. The van der Waals surface area contributed by atoms with Crippen molar-refractivity contribution < 1.29 is 14.6 Å². The normalized spacial score (nSPS) is 11.0. The van der Waals surface area contributed by atoms with E-state index in [-0.39, 0.29) is 5.56 Å². The Balaban J connectivity index is 1.68. The Morgan fingerprint density at radius 3 is 2.48 bits per heavy atom. The topological polar surface area (TPSA) is 102 Å². The van der Waals surface area contributed by atoms with Crippen molar-refractivity contribution >= 4 is 33.9 Å². The summed E-state index contributed by atoms with van der Waals surface area (Å²) in [6.07, 6.45) is 0. The van der Waals surface area contributed by atoms with Crippen LogP contribution in [0.3, 0.4) is 0 Å². The van der Waals surface area contributed by atoms with E-state index in [4.69, 9.17) is 9.84 Å². The van der Waals surface area contributed by atoms with Crippen LogP contribution in [0.15, 0.2) is 72.8 Å². The van der Waals surface area contributed by atoms with Gasteiger partial charge < -0.3 is 15.2 Å². The van der Waals surface area contributed by atoms with Crippen molar-refractivity contribution in [3.63, 3.8) is 0 Å². The van der Waals surface area contributed by atoms with Gasteiger partial charge in [-0.1, -0.05) is 30.3 Å². The molecule has 0 amide bonds. The lowest BCUT2D eigenvalue weighted by Crippen LogP contribution is -2.03. The van der Waals surface area contributed by atoms with E-state index in [0.29, 0.717) is 23.0 Å². The minimum atomic E-state index is -0.988. The largest absolute Gasteiger partial charge is 0.497 e. The molecule has 2 heterocycles. The van der Waals surface area contributed by atoms with Gasteiger partial charge in [0, 0.05) is 22.0 Å². The van der Waals surface area contributed by atoms with E-state index in [9.17, 15) is 9.90 Å². The molecule has 0 bridgehead atoms. The van der Waals surface area contributed by atoms with Gasteiger partial charge >= 0.3 is 5.97 Å². The maximum atomic E-state index is 11.3. The third-order valence-corrected chi connectivity index (χ3v) is 4.98. The lowest BCUT2D eigenvalue weighted by Gasteiger charge is -2.11. The highest BCUT2D eigenvalue weighted by Crippen LogP contribution is 2.30. The number of nitrogens with zero attached hydrogens (tertiary/aromatic N) is 4. The summed E-state index contributed by atoms with van der Waals surface area (Å²) in [6, 6.07) is 21.8. The van der Waals surface area contributed by atoms with Crippen LogP contribution in [0.5, 0.6) is 5.75 Å². The molecule has 0 radical (unpaired) electrons. The van der Waals surface area contributed by atoms with Crippen molar-refractivity contribution in [3.05, 3.63) is 78.4 Å². The Bertz CT molecular complexity index is 1430. The zero-order valence-electron chi connectivity index (χ0n) is 16.5. The Kier molecular flexibility index (Phi) is 4.44. The molecule has 2 N–H and O–H groups in total. The second-order valence-electron chi connectivity index (χ2n) is 6.89. The molecule has 0 aliphatic heterocycles. The Morgan fingerprint density at radius 2 is 1.74 bits per heavy atom. The van der Waals surface area contributed by atoms with Crippen LogP contribution in [0.1, 0.15) is 10.4 Å².